The largest absolute Gasteiger partial charge is 1.00 e. The number of hydrogen-bond donors (Lipinski definition) is 1. The average Bonchev–Trinajstić information content (AvgIpc) is 3.68. The molecule has 0 aliphatic carbocycles. The summed E-state index contributed by atoms with van der Waals surface area (Å²) in [6.07, 6.45) is 0.213. The van der Waals surface area contributed by atoms with Crippen LogP contribution in [-0.2, 0) is 34.6 Å². The van der Waals surface area contributed by atoms with Crippen molar-refractivity contribution in [3.63, 3.8) is 0 Å². The predicted octanol–water partition coefficient (Wildman–Crippen LogP) is 2.64. The summed E-state index contributed by atoms with van der Waals surface area (Å²) in [5.41, 5.74) is -0.898. The number of amides is 2. The van der Waals surface area contributed by atoms with Gasteiger partial charge in [-0.3, -0.25) is 9.59 Å². The molecule has 0 radical (unpaired) electrons. The monoisotopic (exact) mass is 794 g/mol. The second-order valence-corrected chi connectivity index (χ2v) is 16.1. The first-order valence-electron chi connectivity index (χ1n) is 18.4. The van der Waals surface area contributed by atoms with E-state index in [9.17, 15) is 24.3 Å². The smallest absolute Gasteiger partial charge is 0.870 e. The molecule has 2 spiro atoms. The van der Waals surface area contributed by atoms with E-state index in [1.807, 2.05) is 51.1 Å². The van der Waals surface area contributed by atoms with Crippen LogP contribution in [0.5, 0.6) is 23.0 Å². The molecule has 2 amide bonds. The molecule has 4 aliphatic heterocycles. The third-order valence-corrected chi connectivity index (χ3v) is 10.3. The number of carbonyl (C=O) groups excluding carboxylic acids is 3. The minimum atomic E-state index is -0.924. The predicted molar refractivity (Wildman–Crippen MR) is 198 cm³/mol. The number of para-hydroxylation sites is 2. The number of likely N-dealkylation sites (tertiary alicyclic amines) is 2. The van der Waals surface area contributed by atoms with Gasteiger partial charge in [0, 0.05) is 48.1 Å². The Morgan fingerprint density at radius 1 is 0.750 bits per heavy atom. The van der Waals surface area contributed by atoms with Gasteiger partial charge in [0.1, 0.15) is 11.2 Å². The van der Waals surface area contributed by atoms with Crippen molar-refractivity contribution in [1.82, 2.24) is 9.80 Å². The molecule has 2 aromatic rings. The van der Waals surface area contributed by atoms with Crippen molar-refractivity contribution in [2.45, 2.75) is 83.3 Å². The minimum Gasteiger partial charge on any atom is -0.870 e. The van der Waals surface area contributed by atoms with Gasteiger partial charge in [-0.05, 0) is 73.4 Å². The van der Waals surface area contributed by atoms with Gasteiger partial charge in [0.2, 0.25) is 0 Å². The molecular weight excluding hydrogens is 739 g/mol. The summed E-state index contributed by atoms with van der Waals surface area (Å²) < 4.78 is 38.9. The number of carbonyl (C=O) groups is 4. The van der Waals surface area contributed by atoms with E-state index in [1.54, 1.807) is 52.9 Å². The Kier molecular flexibility index (Phi) is 15.0. The van der Waals surface area contributed by atoms with Gasteiger partial charge in [0.15, 0.2) is 23.0 Å². The Balaban J connectivity index is 0.000000291. The molecule has 2 aromatic carbocycles. The Morgan fingerprint density at radius 2 is 1.16 bits per heavy atom. The van der Waals surface area contributed by atoms with Crippen LogP contribution in [0.4, 0.5) is 9.59 Å². The summed E-state index contributed by atoms with van der Waals surface area (Å²) in [5, 5.41) is 9.86. The minimum absolute atomic E-state index is 0. The maximum Gasteiger partial charge on any atom is 1.00 e. The summed E-state index contributed by atoms with van der Waals surface area (Å²) in [6, 6.07) is 11.1. The second-order valence-electron chi connectivity index (χ2n) is 16.1. The maximum absolute atomic E-state index is 12.9. The molecule has 15 nitrogen and oxygen atoms in total. The molecule has 56 heavy (non-hydrogen) atoms. The van der Waals surface area contributed by atoms with Crippen molar-refractivity contribution in [1.29, 1.82) is 0 Å². The third-order valence-electron chi connectivity index (χ3n) is 10.3. The fourth-order valence-electron chi connectivity index (χ4n) is 8.04. The van der Waals surface area contributed by atoms with Crippen LogP contribution in [0.2, 0.25) is 0 Å². The number of rotatable bonds is 5. The first-order valence-corrected chi connectivity index (χ1v) is 18.4. The van der Waals surface area contributed by atoms with E-state index < -0.39 is 52.0 Å². The zero-order valence-electron chi connectivity index (χ0n) is 34.3. The molecule has 0 bridgehead atoms. The van der Waals surface area contributed by atoms with Gasteiger partial charge >= 0.3 is 53.7 Å². The van der Waals surface area contributed by atoms with Crippen LogP contribution in [0.25, 0.3) is 0 Å². The van der Waals surface area contributed by atoms with Crippen molar-refractivity contribution >= 4 is 24.1 Å². The first-order chi connectivity index (χ1) is 25.4. The average molecular weight is 795 g/mol. The normalized spacial score (nSPS) is 23.4. The fourth-order valence-corrected chi connectivity index (χ4v) is 8.04. The van der Waals surface area contributed by atoms with Gasteiger partial charge in [0.25, 0.3) is 0 Å². The summed E-state index contributed by atoms with van der Waals surface area (Å²) in [7, 11) is 3.14. The Hall–Kier alpha value is -3.92. The van der Waals surface area contributed by atoms with Gasteiger partial charge < -0.3 is 53.5 Å². The summed E-state index contributed by atoms with van der Waals surface area (Å²) in [6.45, 7) is 14.8. The molecule has 2 saturated heterocycles. The van der Waals surface area contributed by atoms with Crippen LogP contribution in [0.15, 0.2) is 36.4 Å². The fraction of sp³-hybridized carbons (Fsp3) is 0.600. The van der Waals surface area contributed by atoms with Crippen LogP contribution in [0.3, 0.4) is 0 Å². The maximum atomic E-state index is 12.9. The van der Waals surface area contributed by atoms with Crippen LogP contribution in [0, 0.1) is 11.8 Å². The summed E-state index contributed by atoms with van der Waals surface area (Å²) in [5.74, 6) is -0.0538. The molecule has 16 heteroatoms. The number of hydrogen-bond acceptors (Lipinski definition) is 12. The number of aliphatic carboxylic acids is 1. The van der Waals surface area contributed by atoms with Gasteiger partial charge in [-0.1, -0.05) is 24.3 Å². The van der Waals surface area contributed by atoms with Gasteiger partial charge in [-0.2, -0.15) is 0 Å². The van der Waals surface area contributed by atoms with E-state index in [-0.39, 0.29) is 60.6 Å². The number of fused-ring (bicyclic) bond motifs is 4. The second kappa shape index (κ2) is 18.1. The third kappa shape index (κ3) is 9.43. The van der Waals surface area contributed by atoms with Crippen molar-refractivity contribution < 1.29 is 92.5 Å². The molecule has 6 rings (SSSR count). The number of carboxylic acid groups (broad SMARTS) is 1. The topological polar surface area (TPSA) is 190 Å². The molecule has 0 unspecified atom stereocenters. The van der Waals surface area contributed by atoms with Crippen molar-refractivity contribution in [2.75, 3.05) is 60.2 Å². The molecule has 4 aliphatic rings. The number of carboxylic acids is 1. The van der Waals surface area contributed by atoms with Crippen LogP contribution in [-0.4, -0.2) is 116 Å². The van der Waals surface area contributed by atoms with Crippen LogP contribution >= 0.6 is 0 Å². The first kappa shape index (κ1) is 46.5. The van der Waals surface area contributed by atoms with Crippen molar-refractivity contribution in [3.05, 3.63) is 47.5 Å². The molecule has 4 heterocycles. The quantitative estimate of drug-likeness (QED) is 0.265. The van der Waals surface area contributed by atoms with Crippen molar-refractivity contribution in [2.24, 2.45) is 11.8 Å². The van der Waals surface area contributed by atoms with E-state index in [4.69, 9.17) is 33.2 Å². The zero-order chi connectivity index (χ0) is 39.6. The van der Waals surface area contributed by atoms with E-state index in [1.165, 1.54) is 4.90 Å². The van der Waals surface area contributed by atoms with Gasteiger partial charge in [-0.25, -0.2) is 9.59 Å². The van der Waals surface area contributed by atoms with Crippen molar-refractivity contribution in [3.8, 4) is 23.0 Å². The molecule has 304 valence electrons. The van der Waals surface area contributed by atoms with E-state index in [2.05, 4.69) is 0 Å². The van der Waals surface area contributed by atoms with Gasteiger partial charge in [0.05, 0.1) is 45.9 Å². The number of ether oxygens (including phenoxy) is 7. The summed E-state index contributed by atoms with van der Waals surface area (Å²) in [4.78, 5) is 53.3. The standard InChI is InChI=1S/C21H29NO6.C19H25NO6.Na.H2O/c1-6-26-18(23)15-12-22(19(24)28-20(2,3)4)13-21(15)10-11-27-17-14(21)8-7-9-16(17)25-5;1-18(2,3)26-17(23)20-10-13(16(21)22)19(11-20)8-9-25-15-12(19)6-5-7-14(15)24-4;;/h7-9,15H,6,10-13H2,1-5H3;5-7,13H,8-11H2,1-4H3,(H,21,22);;1H2/q;;+1;/p-1/t15-,21-;13-,19-;;/m00../s1. The van der Waals surface area contributed by atoms with Gasteiger partial charge in [-0.15, -0.1) is 0 Å². The SMILES string of the molecule is CCOC(=O)[C@@H]1CN(C(=O)OC(C)(C)C)C[C@]12CCOc1c(OC)cccc12.COc1cccc2c1OCC[C@]21CN(C(=O)OC(C)(C)C)C[C@H]1C(=O)O.[Na+].[OH-]. The van der Waals surface area contributed by atoms with Crippen LogP contribution < -0.4 is 48.5 Å². The Bertz CT molecular complexity index is 1740. The number of methoxy groups -OCH3 is 2. The molecule has 2 fully saturated rings. The van der Waals surface area contributed by atoms with Crippen LogP contribution in [0.1, 0.15) is 72.4 Å². The molecule has 0 aromatic heterocycles. The number of nitrogens with zero attached hydrogens (tertiary/aromatic N) is 2. The number of esters is 1. The zero-order valence-corrected chi connectivity index (χ0v) is 36.3. The molecule has 0 saturated carbocycles. The molecule has 2 N–H and O–H groups in total. The van der Waals surface area contributed by atoms with E-state index >= 15 is 0 Å². The molecular formula is C40H55N2NaO13. The number of benzene rings is 2. The Morgan fingerprint density at radius 3 is 1.54 bits per heavy atom. The Labute approximate surface area is 350 Å². The molecule has 4 atom stereocenters. The van der Waals surface area contributed by atoms with E-state index in [0.29, 0.717) is 62.2 Å². The van der Waals surface area contributed by atoms with E-state index in [0.717, 1.165) is 11.1 Å². The summed E-state index contributed by atoms with van der Waals surface area (Å²) >= 11 is 0.